The zero-order valence-corrected chi connectivity index (χ0v) is 16.3. The second kappa shape index (κ2) is 8.55. The smallest absolute Gasteiger partial charge is 0.0618 e. The average molecular weight is 370 g/mol. The predicted molar refractivity (Wildman–Crippen MR) is 116 cm³/mol. The molecule has 1 N–H and O–H groups in total. The minimum Gasteiger partial charge on any atom is -0.392 e. The van der Waals surface area contributed by atoms with Crippen LogP contribution in [0, 0.1) is 5.92 Å². The van der Waals surface area contributed by atoms with Gasteiger partial charge < -0.3 is 5.11 Å². The monoisotopic (exact) mass is 369 g/mol. The van der Waals surface area contributed by atoms with E-state index in [2.05, 4.69) is 96.9 Å². The molecule has 0 unspecified atom stereocenters. The van der Waals surface area contributed by atoms with Crippen LogP contribution >= 0.6 is 0 Å². The molecule has 0 amide bonds. The summed E-state index contributed by atoms with van der Waals surface area (Å²) in [5.41, 5.74) is 5.11. The summed E-state index contributed by atoms with van der Waals surface area (Å²) >= 11 is 0. The Labute approximate surface area is 167 Å². The van der Waals surface area contributed by atoms with Gasteiger partial charge >= 0.3 is 0 Å². The summed E-state index contributed by atoms with van der Waals surface area (Å²) in [6.45, 7) is 1.04. The van der Waals surface area contributed by atoms with Crippen molar-refractivity contribution in [3.8, 4) is 0 Å². The van der Waals surface area contributed by atoms with E-state index in [1.165, 1.54) is 22.3 Å². The number of hydrogen-bond donors (Lipinski definition) is 1. The Bertz CT molecular complexity index is 905. The van der Waals surface area contributed by atoms with Crippen molar-refractivity contribution in [3.05, 3.63) is 114 Å². The van der Waals surface area contributed by atoms with Crippen molar-refractivity contribution in [2.45, 2.75) is 12.0 Å². The van der Waals surface area contributed by atoms with Crippen LogP contribution in [0.2, 0.25) is 0 Å². The largest absolute Gasteiger partial charge is 0.392 e. The van der Waals surface area contributed by atoms with Gasteiger partial charge in [-0.3, -0.25) is 4.90 Å². The molecule has 3 aromatic carbocycles. The Morgan fingerprint density at radius 1 is 0.857 bits per heavy atom. The van der Waals surface area contributed by atoms with Gasteiger partial charge in [-0.1, -0.05) is 97.1 Å². The second-order valence-corrected chi connectivity index (χ2v) is 7.55. The molecule has 3 atom stereocenters. The highest BCUT2D eigenvalue weighted by Gasteiger charge is 2.43. The lowest BCUT2D eigenvalue weighted by atomic mass is 9.76. The van der Waals surface area contributed by atoms with Crippen molar-refractivity contribution in [1.82, 2.24) is 4.90 Å². The molecule has 0 bridgehead atoms. The maximum Gasteiger partial charge on any atom is 0.0618 e. The molecule has 1 fully saturated rings. The lowest BCUT2D eigenvalue weighted by Crippen LogP contribution is -2.22. The third-order valence-corrected chi connectivity index (χ3v) is 5.88. The quantitative estimate of drug-likeness (QED) is 0.672. The molecule has 1 aliphatic rings. The van der Waals surface area contributed by atoms with Crippen molar-refractivity contribution in [3.63, 3.8) is 0 Å². The zero-order chi connectivity index (χ0) is 19.3. The Balaban J connectivity index is 1.86. The van der Waals surface area contributed by atoms with Crippen molar-refractivity contribution >= 4 is 5.57 Å². The van der Waals surface area contributed by atoms with Gasteiger partial charge in [-0.15, -0.1) is 0 Å². The standard InChI is InChI=1S/C26H27NO/c1-27-19-24(21-13-7-3-8-14-21)25(26(27)22-15-9-4-10-16-22)23(17-18-28)20-11-5-2-6-12-20/h2-17,24-26,28H,18-19H2,1H3/b23-17+/t24-,25-,26-/m0/s1. The average Bonchev–Trinajstić information content (AvgIpc) is 3.10. The number of rotatable bonds is 5. The lowest BCUT2D eigenvalue weighted by Gasteiger charge is -2.30. The molecule has 0 radical (unpaired) electrons. The third-order valence-electron chi connectivity index (χ3n) is 5.88. The van der Waals surface area contributed by atoms with E-state index < -0.39 is 0 Å². The maximum atomic E-state index is 9.85. The number of aliphatic hydroxyl groups excluding tert-OH is 1. The fourth-order valence-electron chi connectivity index (χ4n) is 4.72. The summed E-state index contributed by atoms with van der Waals surface area (Å²) in [5.74, 6) is 0.638. The number of likely N-dealkylation sites (N-methyl/N-ethyl adjacent to an activating group) is 1. The van der Waals surface area contributed by atoms with Crippen LogP contribution in [0.5, 0.6) is 0 Å². The molecule has 2 heteroatoms. The molecule has 4 rings (SSSR count). The van der Waals surface area contributed by atoms with Gasteiger partial charge in [-0.25, -0.2) is 0 Å². The van der Waals surface area contributed by atoms with E-state index in [0.717, 1.165) is 6.54 Å². The number of benzene rings is 3. The molecule has 1 saturated heterocycles. The van der Waals surface area contributed by atoms with Gasteiger partial charge in [0.25, 0.3) is 0 Å². The summed E-state index contributed by atoms with van der Waals surface area (Å²) in [6.07, 6.45) is 2.00. The van der Waals surface area contributed by atoms with Crippen molar-refractivity contribution in [2.75, 3.05) is 20.2 Å². The molecule has 2 nitrogen and oxygen atoms in total. The molecule has 3 aromatic rings. The minimum absolute atomic E-state index is 0.0491. The van der Waals surface area contributed by atoms with Gasteiger partial charge in [0.05, 0.1) is 6.61 Å². The summed E-state index contributed by atoms with van der Waals surface area (Å²) in [7, 11) is 2.22. The van der Waals surface area contributed by atoms with Gasteiger partial charge in [0, 0.05) is 24.4 Å². The highest BCUT2D eigenvalue weighted by atomic mass is 16.2. The second-order valence-electron chi connectivity index (χ2n) is 7.55. The number of nitrogens with zero attached hydrogens (tertiary/aromatic N) is 1. The molecule has 0 aromatic heterocycles. The normalized spacial score (nSPS) is 23.1. The Kier molecular flexibility index (Phi) is 5.70. The van der Waals surface area contributed by atoms with Crippen molar-refractivity contribution in [1.29, 1.82) is 0 Å². The zero-order valence-electron chi connectivity index (χ0n) is 16.3. The summed E-state index contributed by atoms with van der Waals surface area (Å²) in [6, 6.07) is 32.3. The third kappa shape index (κ3) is 3.66. The Morgan fingerprint density at radius 2 is 1.39 bits per heavy atom. The van der Waals surface area contributed by atoms with E-state index in [1.54, 1.807) is 0 Å². The first-order chi connectivity index (χ1) is 13.8. The Hall–Kier alpha value is -2.68. The summed E-state index contributed by atoms with van der Waals surface area (Å²) in [4.78, 5) is 2.46. The first kappa shape index (κ1) is 18.7. The number of likely N-dealkylation sites (tertiary alicyclic amines) is 1. The first-order valence-corrected chi connectivity index (χ1v) is 9.96. The van der Waals surface area contributed by atoms with Crippen LogP contribution in [0.1, 0.15) is 28.7 Å². The van der Waals surface area contributed by atoms with E-state index in [-0.39, 0.29) is 18.6 Å². The molecule has 142 valence electrons. The fraction of sp³-hybridized carbons (Fsp3) is 0.231. The van der Waals surface area contributed by atoms with Crippen LogP contribution in [0.3, 0.4) is 0 Å². The van der Waals surface area contributed by atoms with E-state index in [9.17, 15) is 5.11 Å². The molecular weight excluding hydrogens is 342 g/mol. The predicted octanol–water partition coefficient (Wildman–Crippen LogP) is 5.15. The van der Waals surface area contributed by atoms with Gasteiger partial charge in [-0.05, 0) is 29.3 Å². The highest BCUT2D eigenvalue weighted by Crippen LogP contribution is 2.50. The molecular formula is C26H27NO. The topological polar surface area (TPSA) is 23.5 Å². The molecule has 1 heterocycles. The maximum absolute atomic E-state index is 9.85. The molecule has 1 aliphatic heterocycles. The van der Waals surface area contributed by atoms with Crippen LogP contribution in [0.15, 0.2) is 97.1 Å². The number of aliphatic hydroxyl groups is 1. The van der Waals surface area contributed by atoms with Gasteiger partial charge in [0.15, 0.2) is 0 Å². The Morgan fingerprint density at radius 3 is 1.96 bits per heavy atom. The van der Waals surface area contributed by atoms with E-state index >= 15 is 0 Å². The van der Waals surface area contributed by atoms with Gasteiger partial charge in [0.2, 0.25) is 0 Å². The van der Waals surface area contributed by atoms with Crippen LogP contribution < -0.4 is 0 Å². The minimum atomic E-state index is 0.0491. The first-order valence-electron chi connectivity index (χ1n) is 9.96. The van der Waals surface area contributed by atoms with Gasteiger partial charge in [0.1, 0.15) is 0 Å². The van der Waals surface area contributed by atoms with E-state index in [4.69, 9.17) is 0 Å². The van der Waals surface area contributed by atoms with Crippen molar-refractivity contribution in [2.24, 2.45) is 5.92 Å². The molecule has 0 spiro atoms. The molecule has 0 aliphatic carbocycles. The highest BCUT2D eigenvalue weighted by molar-refractivity contribution is 5.70. The SMILES string of the molecule is CN1C[C@@H](c2ccccc2)[C@H](/C(=C/CO)c2ccccc2)[C@@H]1c1ccccc1. The molecule has 0 saturated carbocycles. The molecule has 28 heavy (non-hydrogen) atoms. The van der Waals surface area contributed by atoms with Crippen LogP contribution in [0.25, 0.3) is 5.57 Å². The summed E-state index contributed by atoms with van der Waals surface area (Å²) < 4.78 is 0. The lowest BCUT2D eigenvalue weighted by molar-refractivity contribution is 0.298. The van der Waals surface area contributed by atoms with Crippen LogP contribution in [-0.4, -0.2) is 30.2 Å². The van der Waals surface area contributed by atoms with Gasteiger partial charge in [-0.2, -0.15) is 0 Å². The summed E-state index contributed by atoms with van der Waals surface area (Å²) in [5, 5.41) is 9.85. The fourth-order valence-corrected chi connectivity index (χ4v) is 4.72. The number of hydrogen-bond acceptors (Lipinski definition) is 2. The van der Waals surface area contributed by atoms with E-state index in [0.29, 0.717) is 5.92 Å². The van der Waals surface area contributed by atoms with Crippen LogP contribution in [0.4, 0.5) is 0 Å². The van der Waals surface area contributed by atoms with Crippen LogP contribution in [-0.2, 0) is 0 Å². The van der Waals surface area contributed by atoms with E-state index in [1.807, 2.05) is 12.1 Å². The van der Waals surface area contributed by atoms with Crippen molar-refractivity contribution < 1.29 is 5.11 Å².